The Morgan fingerprint density at radius 2 is 1.32 bits per heavy atom. The maximum absolute atomic E-state index is 5.60. The van der Waals surface area contributed by atoms with Gasteiger partial charge in [0.1, 0.15) is 0 Å². The molecule has 0 rings (SSSR count). The highest BCUT2D eigenvalue weighted by atomic mass is 28.4. The molecular weight excluding hydrogens is 274 g/mol. The van der Waals surface area contributed by atoms with E-state index in [9.17, 15) is 0 Å². The minimum atomic E-state index is -3.68. The van der Waals surface area contributed by atoms with Crippen LogP contribution >= 0.6 is 0 Å². The standard InChI is InChI=1S/C10H25NO7Si/c1-5-12-16-19(17-13-6-2,18-14-7-3)15-10(4)8-9-11/h10H,5-9,11H2,1-4H3. The molecule has 0 fully saturated rings. The van der Waals surface area contributed by atoms with Gasteiger partial charge in [0.05, 0.1) is 25.9 Å². The normalized spacial score (nSPS) is 13.7. The Labute approximate surface area is 115 Å². The van der Waals surface area contributed by atoms with Crippen molar-refractivity contribution in [1.82, 2.24) is 0 Å². The predicted octanol–water partition coefficient (Wildman–Crippen LogP) is 1.08. The van der Waals surface area contributed by atoms with Crippen molar-refractivity contribution in [3.63, 3.8) is 0 Å². The lowest BCUT2D eigenvalue weighted by Crippen LogP contribution is -2.51. The van der Waals surface area contributed by atoms with Gasteiger partial charge in [0.15, 0.2) is 0 Å². The van der Waals surface area contributed by atoms with Crippen LogP contribution < -0.4 is 5.73 Å². The first-order chi connectivity index (χ1) is 9.14. The summed E-state index contributed by atoms with van der Waals surface area (Å²) in [6, 6.07) is 0. The average Bonchev–Trinajstić information content (AvgIpc) is 2.40. The summed E-state index contributed by atoms with van der Waals surface area (Å²) in [5, 5.41) is 0. The molecule has 0 aromatic heterocycles. The summed E-state index contributed by atoms with van der Waals surface area (Å²) in [5.41, 5.74) is 5.47. The van der Waals surface area contributed by atoms with Crippen LogP contribution in [0.3, 0.4) is 0 Å². The van der Waals surface area contributed by atoms with Gasteiger partial charge < -0.3 is 10.2 Å². The van der Waals surface area contributed by atoms with Crippen LogP contribution in [0.2, 0.25) is 0 Å². The molecule has 0 saturated carbocycles. The van der Waals surface area contributed by atoms with Crippen LogP contribution in [0.1, 0.15) is 34.1 Å². The Balaban J connectivity index is 4.65. The molecule has 0 saturated heterocycles. The highest BCUT2D eigenvalue weighted by Gasteiger charge is 2.53. The zero-order chi connectivity index (χ0) is 14.6. The van der Waals surface area contributed by atoms with Crippen LogP contribution in [0.4, 0.5) is 0 Å². The van der Waals surface area contributed by atoms with Crippen molar-refractivity contribution in [2.45, 2.75) is 40.2 Å². The molecule has 0 bridgehead atoms. The third kappa shape index (κ3) is 8.63. The van der Waals surface area contributed by atoms with Crippen LogP contribution in [0.15, 0.2) is 0 Å². The summed E-state index contributed by atoms with van der Waals surface area (Å²) in [7, 11) is -3.68. The molecule has 0 aromatic rings. The number of rotatable bonds is 13. The average molecular weight is 299 g/mol. The summed E-state index contributed by atoms with van der Waals surface area (Å²) < 4.78 is 20.8. The molecule has 0 aliphatic carbocycles. The lowest BCUT2D eigenvalue weighted by atomic mass is 10.3. The van der Waals surface area contributed by atoms with Gasteiger partial charge in [0.25, 0.3) is 0 Å². The van der Waals surface area contributed by atoms with Gasteiger partial charge in [0, 0.05) is 0 Å². The van der Waals surface area contributed by atoms with Crippen molar-refractivity contribution in [3.05, 3.63) is 0 Å². The van der Waals surface area contributed by atoms with Gasteiger partial charge in [-0.05, 0) is 40.7 Å². The second-order valence-electron chi connectivity index (χ2n) is 3.48. The molecule has 19 heavy (non-hydrogen) atoms. The van der Waals surface area contributed by atoms with E-state index in [1.54, 1.807) is 20.8 Å². The number of hydrogen-bond acceptors (Lipinski definition) is 8. The quantitative estimate of drug-likeness (QED) is 0.307. The minimum absolute atomic E-state index is 0.252. The number of hydrogen-bond donors (Lipinski definition) is 1. The van der Waals surface area contributed by atoms with Crippen molar-refractivity contribution in [1.29, 1.82) is 0 Å². The van der Waals surface area contributed by atoms with Gasteiger partial charge in [-0.25, -0.2) is 14.7 Å². The monoisotopic (exact) mass is 299 g/mol. The lowest BCUT2D eigenvalue weighted by molar-refractivity contribution is -0.388. The summed E-state index contributed by atoms with van der Waals surface area (Å²) >= 11 is 0. The zero-order valence-electron chi connectivity index (χ0n) is 12.0. The van der Waals surface area contributed by atoms with Crippen molar-refractivity contribution >= 4 is 9.05 Å². The molecule has 9 heteroatoms. The molecule has 1 atom stereocenters. The molecule has 0 spiro atoms. The highest BCUT2D eigenvalue weighted by molar-refractivity contribution is 6.52. The summed E-state index contributed by atoms with van der Waals surface area (Å²) in [4.78, 5) is 14.6. The number of nitrogens with two attached hydrogens (primary N) is 1. The predicted molar refractivity (Wildman–Crippen MR) is 68.1 cm³/mol. The van der Waals surface area contributed by atoms with E-state index >= 15 is 0 Å². The maximum Gasteiger partial charge on any atom is 0.764 e. The van der Waals surface area contributed by atoms with Gasteiger partial charge in [-0.2, -0.15) is 13.7 Å². The summed E-state index contributed by atoms with van der Waals surface area (Å²) in [6.07, 6.45) is 0.355. The van der Waals surface area contributed by atoms with Crippen LogP contribution in [0.25, 0.3) is 0 Å². The molecular formula is C10H25NO7Si. The fraction of sp³-hybridized carbons (Fsp3) is 1.00. The molecule has 0 radical (unpaired) electrons. The highest BCUT2D eigenvalue weighted by Crippen LogP contribution is 2.17. The van der Waals surface area contributed by atoms with E-state index in [0.717, 1.165) is 0 Å². The summed E-state index contributed by atoms with van der Waals surface area (Å²) in [6.45, 7) is 8.44. The lowest BCUT2D eigenvalue weighted by Gasteiger charge is -2.26. The molecule has 0 aliphatic rings. The minimum Gasteiger partial charge on any atom is -0.344 e. The van der Waals surface area contributed by atoms with Gasteiger partial charge >= 0.3 is 9.05 Å². The largest absolute Gasteiger partial charge is 0.764 e. The third-order valence-electron chi connectivity index (χ3n) is 1.76. The molecule has 0 amide bonds. The van der Waals surface area contributed by atoms with Crippen LogP contribution in [0.5, 0.6) is 0 Å². The van der Waals surface area contributed by atoms with Crippen LogP contribution in [-0.2, 0) is 32.8 Å². The maximum atomic E-state index is 5.60. The fourth-order valence-electron chi connectivity index (χ4n) is 1.03. The Morgan fingerprint density at radius 1 is 0.895 bits per heavy atom. The van der Waals surface area contributed by atoms with Crippen LogP contribution in [0, 0.1) is 0 Å². The summed E-state index contributed by atoms with van der Waals surface area (Å²) in [5.74, 6) is 0. The van der Waals surface area contributed by atoms with Gasteiger partial charge in [0.2, 0.25) is 0 Å². The molecule has 1 unspecified atom stereocenters. The van der Waals surface area contributed by atoms with E-state index in [4.69, 9.17) is 38.6 Å². The smallest absolute Gasteiger partial charge is 0.344 e. The SMILES string of the molecule is CCOO[Si](OOCC)(OOCC)OC(C)CCN. The van der Waals surface area contributed by atoms with Gasteiger partial charge in [-0.15, -0.1) is 0 Å². The van der Waals surface area contributed by atoms with Crippen molar-refractivity contribution in [2.24, 2.45) is 5.73 Å². The van der Waals surface area contributed by atoms with E-state index in [2.05, 4.69) is 0 Å². The Morgan fingerprint density at radius 3 is 1.63 bits per heavy atom. The first kappa shape index (κ1) is 18.9. The van der Waals surface area contributed by atoms with Crippen LogP contribution in [-0.4, -0.2) is 41.5 Å². The van der Waals surface area contributed by atoms with E-state index in [1.165, 1.54) is 0 Å². The molecule has 0 aromatic carbocycles. The Bertz CT molecular complexity index is 189. The fourth-order valence-corrected chi connectivity index (χ4v) is 2.63. The van der Waals surface area contributed by atoms with Gasteiger partial charge in [-0.1, -0.05) is 0 Å². The van der Waals surface area contributed by atoms with Crippen molar-refractivity contribution in [2.75, 3.05) is 26.4 Å². The van der Waals surface area contributed by atoms with E-state index in [1.807, 2.05) is 6.92 Å². The Hall–Kier alpha value is -0.103. The van der Waals surface area contributed by atoms with E-state index in [0.29, 0.717) is 32.8 Å². The second-order valence-corrected chi connectivity index (χ2v) is 5.21. The van der Waals surface area contributed by atoms with Crippen molar-refractivity contribution < 1.29 is 32.8 Å². The first-order valence-electron chi connectivity index (χ1n) is 6.43. The van der Waals surface area contributed by atoms with Crippen molar-refractivity contribution in [3.8, 4) is 0 Å². The third-order valence-corrected chi connectivity index (χ3v) is 3.41. The molecule has 116 valence electrons. The molecule has 0 heterocycles. The topological polar surface area (TPSA) is 90.6 Å². The molecule has 8 nitrogen and oxygen atoms in total. The second kappa shape index (κ2) is 11.7. The first-order valence-corrected chi connectivity index (χ1v) is 8.07. The van der Waals surface area contributed by atoms with E-state index in [-0.39, 0.29) is 6.10 Å². The zero-order valence-corrected chi connectivity index (χ0v) is 13.0. The Kier molecular flexibility index (Phi) is 11.6. The van der Waals surface area contributed by atoms with Gasteiger partial charge in [-0.3, -0.25) is 0 Å². The molecule has 0 aliphatic heterocycles. The van der Waals surface area contributed by atoms with E-state index < -0.39 is 9.05 Å². The molecule has 2 N–H and O–H groups in total.